The van der Waals surface area contributed by atoms with Crippen molar-refractivity contribution in [2.75, 3.05) is 48.7 Å². The number of hydrogen-bond acceptors (Lipinski definition) is 8. The van der Waals surface area contributed by atoms with Crippen molar-refractivity contribution < 1.29 is 4.79 Å². The Morgan fingerprint density at radius 2 is 2.06 bits per heavy atom. The summed E-state index contributed by atoms with van der Waals surface area (Å²) in [5.41, 5.74) is 1.74. The lowest BCUT2D eigenvalue weighted by atomic mass is 10.3. The van der Waals surface area contributed by atoms with Crippen molar-refractivity contribution in [3.05, 3.63) is 42.6 Å². The molecule has 1 unspecified atom stereocenters. The second-order valence-electron chi connectivity index (χ2n) is 7.47. The number of para-hydroxylation sites is 1. The van der Waals surface area contributed by atoms with E-state index in [4.69, 9.17) is 5.26 Å². The van der Waals surface area contributed by atoms with E-state index in [1.165, 1.54) is 0 Å². The molecule has 1 fully saturated rings. The number of carbonyl (C=O) groups excluding carboxylic acids is 1. The predicted octanol–water partition coefficient (Wildman–Crippen LogP) is 3.70. The number of fused-ring (bicyclic) bond motifs is 1. The fraction of sp³-hybridized carbons (Fsp3) is 0.364. The van der Waals surface area contributed by atoms with E-state index in [1.807, 2.05) is 43.3 Å². The van der Waals surface area contributed by atoms with Gasteiger partial charge in [0.15, 0.2) is 5.13 Å². The van der Waals surface area contributed by atoms with Crippen LogP contribution in [0.5, 0.6) is 0 Å². The molecule has 1 saturated heterocycles. The molecule has 0 saturated carbocycles. The molecule has 0 radical (unpaired) electrons. The molecule has 1 atom stereocenters. The highest BCUT2D eigenvalue weighted by atomic mass is 32.2. The van der Waals surface area contributed by atoms with Crippen molar-refractivity contribution in [1.29, 1.82) is 5.26 Å². The van der Waals surface area contributed by atoms with Crippen LogP contribution in [0.2, 0.25) is 0 Å². The van der Waals surface area contributed by atoms with E-state index in [0.29, 0.717) is 12.3 Å². The highest BCUT2D eigenvalue weighted by Gasteiger charge is 2.22. The number of rotatable bonds is 7. The molecule has 3 aromatic rings. The Labute approximate surface area is 190 Å². The number of benzene rings is 1. The van der Waals surface area contributed by atoms with Gasteiger partial charge in [0.05, 0.1) is 24.2 Å². The predicted molar refractivity (Wildman–Crippen MR) is 127 cm³/mol. The Balaban J connectivity index is 1.29. The summed E-state index contributed by atoms with van der Waals surface area (Å²) in [5.74, 6) is 0.655. The Kier molecular flexibility index (Phi) is 7.02. The molecule has 0 spiro atoms. The number of nitrogens with zero attached hydrogens (tertiary/aromatic N) is 5. The Morgan fingerprint density at radius 3 is 2.84 bits per heavy atom. The normalized spacial score (nSPS) is 15.5. The quantitative estimate of drug-likeness (QED) is 0.547. The van der Waals surface area contributed by atoms with E-state index in [2.05, 4.69) is 31.2 Å². The van der Waals surface area contributed by atoms with Crippen LogP contribution in [0.15, 0.2) is 47.5 Å². The molecule has 3 heterocycles. The van der Waals surface area contributed by atoms with Crippen LogP contribution in [0.25, 0.3) is 10.3 Å². The van der Waals surface area contributed by atoms with Crippen molar-refractivity contribution in [2.45, 2.75) is 11.8 Å². The topological polar surface area (TPSA) is 85.2 Å². The molecular formula is C22H24N6OS2. The number of thiazole rings is 1. The number of piperazine rings is 1. The van der Waals surface area contributed by atoms with Gasteiger partial charge in [-0.1, -0.05) is 23.5 Å². The summed E-state index contributed by atoms with van der Waals surface area (Å²) in [4.78, 5) is 28.1. The van der Waals surface area contributed by atoms with Gasteiger partial charge >= 0.3 is 0 Å². The monoisotopic (exact) mass is 452 g/mol. The molecule has 1 amide bonds. The fourth-order valence-corrected chi connectivity index (χ4v) is 5.25. The number of aromatic nitrogens is 2. The smallest absolute Gasteiger partial charge is 0.238 e. The Morgan fingerprint density at radius 1 is 1.26 bits per heavy atom. The molecule has 0 aliphatic carbocycles. The average Bonchev–Trinajstić information content (AvgIpc) is 3.23. The zero-order valence-corrected chi connectivity index (χ0v) is 19.0. The largest absolute Gasteiger partial charge is 0.345 e. The van der Waals surface area contributed by atoms with E-state index in [0.717, 1.165) is 52.2 Å². The van der Waals surface area contributed by atoms with Gasteiger partial charge in [-0.3, -0.25) is 9.69 Å². The van der Waals surface area contributed by atoms with Gasteiger partial charge in [-0.15, -0.1) is 11.8 Å². The zero-order valence-electron chi connectivity index (χ0n) is 17.3. The second kappa shape index (κ2) is 10.1. The number of thioether (sulfide) groups is 1. The third kappa shape index (κ3) is 5.53. The first-order valence-corrected chi connectivity index (χ1v) is 12.0. The van der Waals surface area contributed by atoms with Crippen molar-refractivity contribution in [3.63, 3.8) is 0 Å². The first-order valence-electron chi connectivity index (χ1n) is 10.2. The van der Waals surface area contributed by atoms with Crippen LogP contribution in [-0.4, -0.2) is 59.3 Å². The third-order valence-electron chi connectivity index (χ3n) is 5.04. The summed E-state index contributed by atoms with van der Waals surface area (Å²) < 4.78 is 0. The minimum Gasteiger partial charge on any atom is -0.345 e. The average molecular weight is 453 g/mol. The standard InChI is InChI=1S/C22H24N6OS2/c1-16(13-23)15-30-19-7-3-2-5-17(19)25-20(29)14-27-9-11-28(12-10-27)22-26-18-6-4-8-24-21(18)31-22/h2-8,16H,9-12,14-15H2,1H3,(H,25,29). The molecule has 0 bridgehead atoms. The first kappa shape index (κ1) is 21.6. The number of anilines is 2. The number of amides is 1. The summed E-state index contributed by atoms with van der Waals surface area (Å²) in [5, 5.41) is 13.0. The summed E-state index contributed by atoms with van der Waals surface area (Å²) in [6.45, 7) is 5.57. The van der Waals surface area contributed by atoms with E-state index in [1.54, 1.807) is 29.3 Å². The van der Waals surface area contributed by atoms with Crippen molar-refractivity contribution in [2.24, 2.45) is 5.92 Å². The van der Waals surface area contributed by atoms with Gasteiger partial charge in [0.2, 0.25) is 5.91 Å². The third-order valence-corrected chi connectivity index (χ3v) is 7.41. The minimum atomic E-state index is -0.0312. The van der Waals surface area contributed by atoms with Gasteiger partial charge in [0.25, 0.3) is 0 Å². The number of nitrogens with one attached hydrogen (secondary N) is 1. The minimum absolute atomic E-state index is 0.0148. The lowest BCUT2D eigenvalue weighted by Gasteiger charge is -2.34. The molecule has 1 N–H and O–H groups in total. The molecule has 4 rings (SSSR count). The van der Waals surface area contributed by atoms with Crippen LogP contribution in [0.1, 0.15) is 6.92 Å². The maximum absolute atomic E-state index is 12.6. The van der Waals surface area contributed by atoms with Crippen molar-refractivity contribution in [3.8, 4) is 6.07 Å². The molecule has 1 aromatic carbocycles. The maximum atomic E-state index is 12.6. The van der Waals surface area contributed by atoms with E-state index < -0.39 is 0 Å². The lowest BCUT2D eigenvalue weighted by Crippen LogP contribution is -2.48. The zero-order chi connectivity index (χ0) is 21.6. The number of nitriles is 1. The van der Waals surface area contributed by atoms with E-state index in [9.17, 15) is 4.79 Å². The summed E-state index contributed by atoms with van der Waals surface area (Å²) in [7, 11) is 0. The highest BCUT2D eigenvalue weighted by molar-refractivity contribution is 7.99. The second-order valence-corrected chi connectivity index (χ2v) is 9.49. The Hall–Kier alpha value is -2.67. The van der Waals surface area contributed by atoms with Crippen molar-refractivity contribution >= 4 is 50.2 Å². The molecule has 9 heteroatoms. The first-order chi connectivity index (χ1) is 15.1. The molecule has 7 nitrogen and oxygen atoms in total. The van der Waals surface area contributed by atoms with Gasteiger partial charge in [0.1, 0.15) is 10.3 Å². The van der Waals surface area contributed by atoms with Gasteiger partial charge in [-0.05, 0) is 31.2 Å². The molecule has 1 aliphatic rings. The van der Waals surface area contributed by atoms with Crippen LogP contribution in [0.3, 0.4) is 0 Å². The fourth-order valence-electron chi connectivity index (χ4n) is 3.33. The van der Waals surface area contributed by atoms with Crippen LogP contribution >= 0.6 is 23.1 Å². The van der Waals surface area contributed by atoms with E-state index in [-0.39, 0.29) is 11.8 Å². The van der Waals surface area contributed by atoms with Crippen LogP contribution in [-0.2, 0) is 4.79 Å². The van der Waals surface area contributed by atoms with Crippen LogP contribution in [0, 0.1) is 17.2 Å². The summed E-state index contributed by atoms with van der Waals surface area (Å²) in [6, 6.07) is 13.9. The SMILES string of the molecule is CC(C#N)CSc1ccccc1NC(=O)CN1CCN(c2nc3cccnc3s2)CC1. The maximum Gasteiger partial charge on any atom is 0.238 e. The van der Waals surface area contributed by atoms with Crippen LogP contribution in [0.4, 0.5) is 10.8 Å². The Bertz CT molecular complexity index is 1050. The highest BCUT2D eigenvalue weighted by Crippen LogP contribution is 2.29. The molecule has 2 aromatic heterocycles. The lowest BCUT2D eigenvalue weighted by molar-refractivity contribution is -0.117. The summed E-state index contributed by atoms with van der Waals surface area (Å²) >= 11 is 3.21. The molecule has 31 heavy (non-hydrogen) atoms. The number of hydrogen-bond donors (Lipinski definition) is 1. The number of carbonyl (C=O) groups is 1. The van der Waals surface area contributed by atoms with Gasteiger partial charge in [0, 0.05) is 43.0 Å². The molecule has 1 aliphatic heterocycles. The van der Waals surface area contributed by atoms with E-state index >= 15 is 0 Å². The van der Waals surface area contributed by atoms with Gasteiger partial charge < -0.3 is 10.2 Å². The van der Waals surface area contributed by atoms with Crippen molar-refractivity contribution in [1.82, 2.24) is 14.9 Å². The number of pyridine rings is 1. The molecule has 160 valence electrons. The van der Waals surface area contributed by atoms with Gasteiger partial charge in [-0.2, -0.15) is 5.26 Å². The van der Waals surface area contributed by atoms with Gasteiger partial charge in [-0.25, -0.2) is 9.97 Å². The summed E-state index contributed by atoms with van der Waals surface area (Å²) in [6.07, 6.45) is 1.79. The van der Waals surface area contributed by atoms with Crippen LogP contribution < -0.4 is 10.2 Å². The molecular weight excluding hydrogens is 428 g/mol.